The summed E-state index contributed by atoms with van der Waals surface area (Å²) in [5.41, 5.74) is 0.265. The molecule has 0 unspecified atom stereocenters. The Morgan fingerprint density at radius 1 is 1.40 bits per heavy atom. The summed E-state index contributed by atoms with van der Waals surface area (Å²) in [6.07, 6.45) is 5.12. The number of benzene rings is 1. The van der Waals surface area contributed by atoms with Crippen LogP contribution >= 0.6 is 27.3 Å². The first kappa shape index (κ1) is 19.0. The van der Waals surface area contributed by atoms with Crippen molar-refractivity contribution in [3.63, 3.8) is 0 Å². The highest BCUT2D eigenvalue weighted by atomic mass is 79.9. The van der Waals surface area contributed by atoms with Gasteiger partial charge in [-0.2, -0.15) is 0 Å². The summed E-state index contributed by atoms with van der Waals surface area (Å²) in [6, 6.07) is 6.27. The largest absolute Gasteiger partial charge is 0.479 e. The predicted molar refractivity (Wildman–Crippen MR) is 98.3 cm³/mol. The van der Waals surface area contributed by atoms with Crippen LogP contribution in [0.4, 0.5) is 10.1 Å². The number of halogens is 2. The van der Waals surface area contributed by atoms with Crippen molar-refractivity contribution in [3.05, 3.63) is 44.8 Å². The summed E-state index contributed by atoms with van der Waals surface area (Å²) >= 11 is 4.53. The highest BCUT2D eigenvalue weighted by molar-refractivity contribution is 9.11. The lowest BCUT2D eigenvalue weighted by molar-refractivity contribution is -0.117. The summed E-state index contributed by atoms with van der Waals surface area (Å²) in [5, 5.41) is 5.18. The van der Waals surface area contributed by atoms with Gasteiger partial charge < -0.3 is 15.4 Å². The Balaban J connectivity index is 2.03. The zero-order valence-corrected chi connectivity index (χ0v) is 15.5. The molecule has 0 saturated heterocycles. The van der Waals surface area contributed by atoms with Crippen molar-refractivity contribution in [1.82, 2.24) is 5.32 Å². The van der Waals surface area contributed by atoms with E-state index in [4.69, 9.17) is 11.2 Å². The maximum atomic E-state index is 13.3. The van der Waals surface area contributed by atoms with Gasteiger partial charge in [-0.25, -0.2) is 4.39 Å². The minimum atomic E-state index is -0.807. The number of amides is 2. The minimum absolute atomic E-state index is 0.0636. The van der Waals surface area contributed by atoms with Gasteiger partial charge in [0.25, 0.3) is 5.91 Å². The fraction of sp³-hybridized carbons (Fsp3) is 0.176. The Morgan fingerprint density at radius 3 is 2.80 bits per heavy atom. The standard InChI is InChI=1S/C17H14BrFN2O3S/c1-3-8-24-13-9-11(19)4-5-12(13)21-16(22)10(2)20-17(23)14-6-7-15(18)25-14/h1,4-7,9-10H,8H2,2H3,(H,20,23)(H,21,22)/t10-/m1/s1. The summed E-state index contributed by atoms with van der Waals surface area (Å²) in [6.45, 7) is 1.48. The fourth-order valence-electron chi connectivity index (χ4n) is 1.85. The monoisotopic (exact) mass is 424 g/mol. The zero-order valence-electron chi connectivity index (χ0n) is 13.1. The van der Waals surface area contributed by atoms with Gasteiger partial charge in [0.2, 0.25) is 5.91 Å². The van der Waals surface area contributed by atoms with Crippen molar-refractivity contribution in [2.75, 3.05) is 11.9 Å². The van der Waals surface area contributed by atoms with Gasteiger partial charge in [-0.15, -0.1) is 17.8 Å². The van der Waals surface area contributed by atoms with E-state index in [2.05, 4.69) is 32.5 Å². The minimum Gasteiger partial charge on any atom is -0.479 e. The number of carbonyl (C=O) groups is 2. The van der Waals surface area contributed by atoms with Crippen LogP contribution in [-0.4, -0.2) is 24.5 Å². The average molecular weight is 425 g/mol. The number of hydrogen-bond donors (Lipinski definition) is 2. The van der Waals surface area contributed by atoms with Crippen molar-refractivity contribution in [1.29, 1.82) is 0 Å². The van der Waals surface area contributed by atoms with Crippen LogP contribution in [0, 0.1) is 18.2 Å². The third kappa shape index (κ3) is 5.31. The van der Waals surface area contributed by atoms with Gasteiger partial charge in [0.1, 0.15) is 24.2 Å². The molecule has 1 aromatic heterocycles. The van der Waals surface area contributed by atoms with Gasteiger partial charge in [0.05, 0.1) is 14.4 Å². The number of ether oxygens (including phenoxy) is 1. The molecule has 130 valence electrons. The Morgan fingerprint density at radius 2 is 2.16 bits per heavy atom. The highest BCUT2D eigenvalue weighted by Crippen LogP contribution is 2.26. The van der Waals surface area contributed by atoms with E-state index in [1.165, 1.54) is 23.5 Å². The maximum absolute atomic E-state index is 13.3. The third-order valence-electron chi connectivity index (χ3n) is 3.05. The van der Waals surface area contributed by atoms with Crippen LogP contribution in [0.3, 0.4) is 0 Å². The molecule has 1 aromatic carbocycles. The molecule has 8 heteroatoms. The molecule has 0 aliphatic carbocycles. The number of terminal acetylenes is 1. The highest BCUT2D eigenvalue weighted by Gasteiger charge is 2.19. The Bertz CT molecular complexity index is 832. The van der Waals surface area contributed by atoms with Gasteiger partial charge in [0, 0.05) is 6.07 Å². The van der Waals surface area contributed by atoms with E-state index in [-0.39, 0.29) is 24.0 Å². The molecule has 0 fully saturated rings. The quantitative estimate of drug-likeness (QED) is 0.698. The molecule has 0 aliphatic heterocycles. The van der Waals surface area contributed by atoms with E-state index in [1.54, 1.807) is 19.1 Å². The van der Waals surface area contributed by atoms with Crippen molar-refractivity contribution in [3.8, 4) is 18.1 Å². The molecule has 5 nitrogen and oxygen atoms in total. The Hall–Kier alpha value is -2.37. The molecule has 0 bridgehead atoms. The molecule has 0 aliphatic rings. The van der Waals surface area contributed by atoms with Crippen LogP contribution in [0.2, 0.25) is 0 Å². The number of rotatable bonds is 6. The first-order chi connectivity index (χ1) is 11.9. The van der Waals surface area contributed by atoms with Crippen molar-refractivity contribution in [2.45, 2.75) is 13.0 Å². The molecule has 0 radical (unpaired) electrons. The molecule has 2 N–H and O–H groups in total. The third-order valence-corrected chi connectivity index (χ3v) is 4.67. The number of thiophene rings is 1. The lowest BCUT2D eigenvalue weighted by Gasteiger charge is -2.16. The number of anilines is 1. The van der Waals surface area contributed by atoms with Crippen LogP contribution in [-0.2, 0) is 4.79 Å². The topological polar surface area (TPSA) is 67.4 Å². The van der Waals surface area contributed by atoms with Crippen LogP contribution in [0.5, 0.6) is 5.75 Å². The van der Waals surface area contributed by atoms with Crippen LogP contribution < -0.4 is 15.4 Å². The van der Waals surface area contributed by atoms with Crippen LogP contribution in [0.25, 0.3) is 0 Å². The van der Waals surface area contributed by atoms with Gasteiger partial charge in [-0.05, 0) is 47.1 Å². The SMILES string of the molecule is C#CCOc1cc(F)ccc1NC(=O)[C@@H](C)NC(=O)c1ccc(Br)s1. The van der Waals surface area contributed by atoms with Gasteiger partial charge in [-0.3, -0.25) is 9.59 Å². The lowest BCUT2D eigenvalue weighted by atomic mass is 10.2. The second-order valence-electron chi connectivity index (χ2n) is 4.92. The number of nitrogens with one attached hydrogen (secondary N) is 2. The van der Waals surface area contributed by atoms with Gasteiger partial charge in [-0.1, -0.05) is 5.92 Å². The maximum Gasteiger partial charge on any atom is 0.262 e. The second-order valence-corrected chi connectivity index (χ2v) is 7.38. The summed E-state index contributed by atoms with van der Waals surface area (Å²) in [4.78, 5) is 24.8. The number of hydrogen-bond acceptors (Lipinski definition) is 4. The van der Waals surface area contributed by atoms with Crippen molar-refractivity contribution >= 4 is 44.8 Å². The van der Waals surface area contributed by atoms with E-state index < -0.39 is 17.8 Å². The summed E-state index contributed by atoms with van der Waals surface area (Å²) in [5.74, 6) is 1.04. The van der Waals surface area contributed by atoms with Crippen molar-refractivity contribution < 1.29 is 18.7 Å². The van der Waals surface area contributed by atoms with E-state index in [0.717, 1.165) is 9.85 Å². The second kappa shape index (κ2) is 8.65. The zero-order chi connectivity index (χ0) is 18.4. The molecular formula is C17H14BrFN2O3S. The predicted octanol–water partition coefficient (Wildman–Crippen LogP) is 3.42. The van der Waals surface area contributed by atoms with Gasteiger partial charge >= 0.3 is 0 Å². The molecule has 1 atom stereocenters. The molecular weight excluding hydrogens is 411 g/mol. The summed E-state index contributed by atoms with van der Waals surface area (Å²) in [7, 11) is 0. The molecule has 2 rings (SSSR count). The first-order valence-electron chi connectivity index (χ1n) is 7.13. The molecule has 25 heavy (non-hydrogen) atoms. The lowest BCUT2D eigenvalue weighted by Crippen LogP contribution is -2.41. The molecule has 1 heterocycles. The molecule has 0 spiro atoms. The smallest absolute Gasteiger partial charge is 0.262 e. The molecule has 2 aromatic rings. The van der Waals surface area contributed by atoms with E-state index in [9.17, 15) is 14.0 Å². The van der Waals surface area contributed by atoms with Crippen LogP contribution in [0.15, 0.2) is 34.1 Å². The van der Waals surface area contributed by atoms with Crippen molar-refractivity contribution in [2.24, 2.45) is 0 Å². The molecule has 2 amide bonds. The van der Waals surface area contributed by atoms with E-state index >= 15 is 0 Å². The first-order valence-corrected chi connectivity index (χ1v) is 8.74. The Kier molecular flexibility index (Phi) is 6.56. The molecule has 0 saturated carbocycles. The summed E-state index contributed by atoms with van der Waals surface area (Å²) < 4.78 is 19.4. The van der Waals surface area contributed by atoms with Gasteiger partial charge in [0.15, 0.2) is 0 Å². The normalized spacial score (nSPS) is 11.3. The van der Waals surface area contributed by atoms with E-state index in [0.29, 0.717) is 4.88 Å². The van der Waals surface area contributed by atoms with Crippen LogP contribution in [0.1, 0.15) is 16.6 Å². The van der Waals surface area contributed by atoms with E-state index in [1.807, 2.05) is 0 Å². The fourth-order valence-corrected chi connectivity index (χ4v) is 3.14. The number of carbonyl (C=O) groups excluding carboxylic acids is 2. The average Bonchev–Trinajstić information content (AvgIpc) is 3.01. The Labute approximate surface area is 156 Å².